The molecule has 0 aliphatic carbocycles. The Morgan fingerprint density at radius 2 is 1.44 bits per heavy atom. The topological polar surface area (TPSA) is 84.4 Å². The highest BCUT2D eigenvalue weighted by atomic mass is 15.0. The standard InChI is InChI=1S/C3H5N6/c4-7-1-3(9-6)2-8-5/h3H,1-2H2/q+3. The molecule has 6 nitrogen and oxygen atoms in total. The van der Waals surface area contributed by atoms with Gasteiger partial charge in [0.2, 0.25) is 16.2 Å². The van der Waals surface area contributed by atoms with Crippen molar-refractivity contribution in [1.29, 1.82) is 16.2 Å². The Labute approximate surface area is 51.3 Å². The van der Waals surface area contributed by atoms with E-state index in [0.717, 1.165) is 0 Å². The number of rotatable bonds is 2. The summed E-state index contributed by atoms with van der Waals surface area (Å²) in [6.07, 6.45) is 0. The molecule has 0 saturated heterocycles. The summed E-state index contributed by atoms with van der Waals surface area (Å²) in [6.45, 7) is -0.110. The van der Waals surface area contributed by atoms with Crippen LogP contribution in [0.3, 0.4) is 0 Å². The molecule has 9 heavy (non-hydrogen) atoms. The average molecular weight is 125 g/mol. The van der Waals surface area contributed by atoms with Gasteiger partial charge in [0.1, 0.15) is 14.9 Å². The molecule has 0 atom stereocenters. The van der Waals surface area contributed by atoms with E-state index in [1.54, 1.807) is 0 Å². The first-order valence-electron chi connectivity index (χ1n) is 2.31. The zero-order chi connectivity index (χ0) is 7.11. The van der Waals surface area contributed by atoms with Crippen LogP contribution in [-0.4, -0.2) is 19.1 Å². The van der Waals surface area contributed by atoms with Gasteiger partial charge in [-0.1, -0.05) is 0 Å². The van der Waals surface area contributed by atoms with E-state index < -0.39 is 6.04 Å². The Morgan fingerprint density at radius 1 is 1.00 bits per heavy atom. The fraction of sp³-hybridized carbons (Fsp3) is 1.00. The highest BCUT2D eigenvalue weighted by Crippen LogP contribution is 1.91. The minimum absolute atomic E-state index is 0.0550. The minimum atomic E-state index is -0.639. The van der Waals surface area contributed by atoms with Gasteiger partial charge in [0.15, 0.2) is 0 Å². The molecule has 0 aromatic carbocycles. The Hall–Kier alpha value is -1.74. The fourth-order valence-corrected chi connectivity index (χ4v) is 0.319. The molecule has 0 saturated carbocycles. The number of nitrogens with zero attached hydrogens (tertiary/aromatic N) is 6. The van der Waals surface area contributed by atoms with Crippen LogP contribution in [0.4, 0.5) is 0 Å². The molecule has 0 aromatic heterocycles. The van der Waals surface area contributed by atoms with Gasteiger partial charge in [-0.05, 0) is 0 Å². The summed E-state index contributed by atoms with van der Waals surface area (Å²) in [6, 6.07) is -0.639. The summed E-state index contributed by atoms with van der Waals surface area (Å²) in [5, 5.41) is 23.9. The van der Waals surface area contributed by atoms with E-state index in [0.29, 0.717) is 0 Å². The zero-order valence-electron chi connectivity index (χ0n) is 4.67. The molecule has 0 amide bonds. The van der Waals surface area contributed by atoms with Gasteiger partial charge in [0, 0.05) is 0 Å². The van der Waals surface area contributed by atoms with Crippen LogP contribution in [0.15, 0.2) is 0 Å². The van der Waals surface area contributed by atoms with E-state index in [1.165, 1.54) is 0 Å². The summed E-state index contributed by atoms with van der Waals surface area (Å²) in [5.41, 5.74) is 0. The van der Waals surface area contributed by atoms with E-state index in [2.05, 4.69) is 14.9 Å². The van der Waals surface area contributed by atoms with Crippen LogP contribution in [0.25, 0.3) is 14.9 Å². The summed E-state index contributed by atoms with van der Waals surface area (Å²) < 4.78 is 0. The average Bonchev–Trinajstić information content (AvgIpc) is 1.88. The molecular formula is C3H5N6+3. The van der Waals surface area contributed by atoms with Crippen LogP contribution in [0.2, 0.25) is 0 Å². The molecule has 0 aliphatic heterocycles. The Balaban J connectivity index is 3.65. The molecule has 0 aliphatic rings. The molecule has 6 heteroatoms. The summed E-state index contributed by atoms with van der Waals surface area (Å²) >= 11 is 0. The molecule has 0 unspecified atom stereocenters. The van der Waals surface area contributed by atoms with Crippen molar-refractivity contribution in [2.45, 2.75) is 6.04 Å². The largest absolute Gasteiger partial charge is 0.469 e. The predicted molar refractivity (Wildman–Crippen MR) is 28.8 cm³/mol. The number of hydrogen-bond acceptors (Lipinski definition) is 3. The van der Waals surface area contributed by atoms with Crippen LogP contribution < -0.4 is 0 Å². The number of hydrogen-bond donors (Lipinski definition) is 0. The second-order valence-corrected chi connectivity index (χ2v) is 1.42. The van der Waals surface area contributed by atoms with Gasteiger partial charge >= 0.3 is 19.1 Å². The maximum atomic E-state index is 8.07. The normalized spacial score (nSPS) is 7.33. The van der Waals surface area contributed by atoms with Crippen LogP contribution in [0.5, 0.6) is 0 Å². The molecule has 44 valence electrons. The Bertz CT molecular complexity index is 172. The van der Waals surface area contributed by atoms with Gasteiger partial charge in [-0.2, -0.15) is 0 Å². The lowest BCUT2D eigenvalue weighted by molar-refractivity contribution is 0.857. The SMILES string of the molecule is N#[N+]CC(C[N+]#N)[N+]#N. The van der Waals surface area contributed by atoms with Crippen molar-refractivity contribution in [3.05, 3.63) is 14.9 Å². The van der Waals surface area contributed by atoms with Crippen molar-refractivity contribution >= 4 is 0 Å². The van der Waals surface area contributed by atoms with Gasteiger partial charge in [0.05, 0.1) is 0 Å². The molecule has 0 spiro atoms. The maximum Gasteiger partial charge on any atom is 0.469 e. The molecule has 0 N–H and O–H groups in total. The van der Waals surface area contributed by atoms with E-state index in [-0.39, 0.29) is 13.1 Å². The third kappa shape index (κ3) is 2.90. The molecular weight excluding hydrogens is 120 g/mol. The first-order valence-corrected chi connectivity index (χ1v) is 2.31. The lowest BCUT2D eigenvalue weighted by atomic mass is 10.3. The highest BCUT2D eigenvalue weighted by Gasteiger charge is 2.34. The number of diazo groups is 3. The Kier molecular flexibility index (Phi) is 3.57. The molecule has 0 rings (SSSR count). The smallest absolute Gasteiger partial charge is 0.126 e. The van der Waals surface area contributed by atoms with Gasteiger partial charge in [-0.3, -0.25) is 0 Å². The molecule has 0 aromatic rings. The predicted octanol–water partition coefficient (Wildman–Crippen LogP) is 0.914. The van der Waals surface area contributed by atoms with Gasteiger partial charge in [-0.15, -0.1) is 0 Å². The summed E-state index contributed by atoms with van der Waals surface area (Å²) in [5.74, 6) is 0. The van der Waals surface area contributed by atoms with Crippen molar-refractivity contribution in [3.8, 4) is 0 Å². The summed E-state index contributed by atoms with van der Waals surface area (Å²) in [4.78, 5) is 8.16. The first kappa shape index (κ1) is 7.26. The quantitative estimate of drug-likeness (QED) is 0.514. The van der Waals surface area contributed by atoms with Crippen LogP contribution in [0, 0.1) is 16.2 Å². The van der Waals surface area contributed by atoms with Crippen molar-refractivity contribution in [2.24, 2.45) is 0 Å². The summed E-state index contributed by atoms with van der Waals surface area (Å²) in [7, 11) is 0. The van der Waals surface area contributed by atoms with Gasteiger partial charge in [-0.25, -0.2) is 0 Å². The van der Waals surface area contributed by atoms with Crippen molar-refractivity contribution in [1.82, 2.24) is 0 Å². The third-order valence-electron chi connectivity index (χ3n) is 0.748. The van der Waals surface area contributed by atoms with Crippen molar-refractivity contribution in [2.75, 3.05) is 13.1 Å². The lowest BCUT2D eigenvalue weighted by Crippen LogP contribution is -2.07. The minimum Gasteiger partial charge on any atom is 0.126 e. The van der Waals surface area contributed by atoms with E-state index in [9.17, 15) is 0 Å². The lowest BCUT2D eigenvalue weighted by Gasteiger charge is -1.62. The van der Waals surface area contributed by atoms with Crippen LogP contribution >= 0.6 is 0 Å². The molecule has 0 fully saturated rings. The zero-order valence-corrected chi connectivity index (χ0v) is 4.67. The van der Waals surface area contributed by atoms with E-state index >= 15 is 0 Å². The highest BCUT2D eigenvalue weighted by molar-refractivity contribution is 4.87. The molecule has 0 bridgehead atoms. The monoisotopic (exact) mass is 125 g/mol. The van der Waals surface area contributed by atoms with E-state index in [1.807, 2.05) is 0 Å². The van der Waals surface area contributed by atoms with Crippen molar-refractivity contribution < 1.29 is 0 Å². The van der Waals surface area contributed by atoms with Crippen LogP contribution in [-0.2, 0) is 0 Å². The van der Waals surface area contributed by atoms with Gasteiger partial charge in [0.25, 0.3) is 0 Å². The molecule has 0 heterocycles. The van der Waals surface area contributed by atoms with Crippen molar-refractivity contribution in [3.63, 3.8) is 0 Å². The maximum absolute atomic E-state index is 8.07. The van der Waals surface area contributed by atoms with E-state index in [4.69, 9.17) is 16.2 Å². The fourth-order valence-electron chi connectivity index (χ4n) is 0.319. The second kappa shape index (κ2) is 4.42. The Morgan fingerprint density at radius 3 is 1.67 bits per heavy atom. The molecule has 0 radical (unpaired) electrons. The van der Waals surface area contributed by atoms with Crippen LogP contribution in [0.1, 0.15) is 0 Å². The second-order valence-electron chi connectivity index (χ2n) is 1.42. The third-order valence-corrected chi connectivity index (χ3v) is 0.748. The first-order chi connectivity index (χ1) is 4.35. The van der Waals surface area contributed by atoms with Gasteiger partial charge < -0.3 is 0 Å².